The first-order valence-electron chi connectivity index (χ1n) is 6.55. The van der Waals surface area contributed by atoms with Crippen molar-refractivity contribution in [3.05, 3.63) is 58.9 Å². The van der Waals surface area contributed by atoms with Crippen molar-refractivity contribution in [3.8, 4) is 0 Å². The Morgan fingerprint density at radius 1 is 1.24 bits per heavy atom. The Morgan fingerprint density at radius 3 is 2.62 bits per heavy atom. The first-order chi connectivity index (χ1) is 10.1. The van der Waals surface area contributed by atoms with Crippen LogP contribution in [-0.2, 0) is 7.05 Å². The molecule has 1 aromatic heterocycles. The molecule has 0 saturated carbocycles. The molecule has 5 heteroatoms. The Morgan fingerprint density at radius 2 is 1.95 bits per heavy atom. The molecule has 0 aliphatic carbocycles. The van der Waals surface area contributed by atoms with Crippen LogP contribution in [0, 0.1) is 6.92 Å². The lowest BCUT2D eigenvalue weighted by Crippen LogP contribution is -2.17. The molecule has 0 saturated heterocycles. The van der Waals surface area contributed by atoms with Crippen LogP contribution in [-0.4, -0.2) is 15.7 Å². The molecule has 0 fully saturated rings. The van der Waals surface area contributed by atoms with Crippen LogP contribution in [0.25, 0.3) is 10.8 Å². The van der Waals surface area contributed by atoms with Crippen LogP contribution in [0.3, 0.4) is 0 Å². The molecule has 1 amide bonds. The zero-order valence-corrected chi connectivity index (χ0v) is 12.5. The quantitative estimate of drug-likeness (QED) is 0.782. The number of aromatic nitrogens is 2. The number of anilines is 1. The highest BCUT2D eigenvalue weighted by atomic mass is 35.5. The Balaban J connectivity index is 2.09. The fourth-order valence-corrected chi connectivity index (χ4v) is 2.73. The first kappa shape index (κ1) is 13.6. The van der Waals surface area contributed by atoms with Crippen molar-refractivity contribution in [2.45, 2.75) is 6.92 Å². The third-order valence-corrected chi connectivity index (χ3v) is 3.80. The van der Waals surface area contributed by atoms with Crippen LogP contribution in [0.1, 0.15) is 16.1 Å². The van der Waals surface area contributed by atoms with Crippen LogP contribution in [0.5, 0.6) is 0 Å². The monoisotopic (exact) mass is 299 g/mol. The Bertz CT molecular complexity index is 839. The lowest BCUT2D eigenvalue weighted by atomic mass is 10.0. The highest BCUT2D eigenvalue weighted by Crippen LogP contribution is 2.33. The van der Waals surface area contributed by atoms with E-state index in [4.69, 9.17) is 11.6 Å². The molecule has 0 bridgehead atoms. The molecule has 0 aliphatic heterocycles. The first-order valence-corrected chi connectivity index (χ1v) is 6.93. The molecule has 1 N–H and O–H groups in total. The third kappa shape index (κ3) is 2.38. The van der Waals surface area contributed by atoms with E-state index in [1.54, 1.807) is 24.0 Å². The van der Waals surface area contributed by atoms with Gasteiger partial charge < -0.3 is 5.32 Å². The molecule has 3 aromatic rings. The summed E-state index contributed by atoms with van der Waals surface area (Å²) in [6.45, 7) is 1.93. The predicted molar refractivity (Wildman–Crippen MR) is 84.9 cm³/mol. The van der Waals surface area contributed by atoms with Gasteiger partial charge >= 0.3 is 0 Å². The highest BCUT2D eigenvalue weighted by Gasteiger charge is 2.14. The van der Waals surface area contributed by atoms with E-state index >= 15 is 0 Å². The number of fused-ring (bicyclic) bond motifs is 1. The van der Waals surface area contributed by atoms with Gasteiger partial charge in [-0.15, -0.1) is 0 Å². The zero-order chi connectivity index (χ0) is 15.0. The van der Waals surface area contributed by atoms with E-state index in [2.05, 4.69) is 10.4 Å². The number of nitrogens with one attached hydrogen (secondary N) is 1. The minimum absolute atomic E-state index is 0.189. The Kier molecular flexibility index (Phi) is 3.39. The molecule has 0 unspecified atom stereocenters. The van der Waals surface area contributed by atoms with Crippen LogP contribution in [0.2, 0.25) is 5.02 Å². The number of hydrogen-bond acceptors (Lipinski definition) is 2. The van der Waals surface area contributed by atoms with Gasteiger partial charge in [-0.3, -0.25) is 9.48 Å². The van der Waals surface area contributed by atoms with Crippen molar-refractivity contribution >= 4 is 34.0 Å². The van der Waals surface area contributed by atoms with Gasteiger partial charge in [-0.05, 0) is 24.6 Å². The van der Waals surface area contributed by atoms with Crippen LogP contribution >= 0.6 is 11.6 Å². The Hall–Kier alpha value is -2.33. The van der Waals surface area contributed by atoms with Gasteiger partial charge in [0.2, 0.25) is 0 Å². The molecule has 106 valence electrons. The summed E-state index contributed by atoms with van der Waals surface area (Å²) in [6, 6.07) is 11.3. The Labute approximate surface area is 127 Å². The zero-order valence-electron chi connectivity index (χ0n) is 11.7. The van der Waals surface area contributed by atoms with E-state index in [0.717, 1.165) is 22.0 Å². The van der Waals surface area contributed by atoms with Gasteiger partial charge in [0.05, 0.1) is 5.69 Å². The summed E-state index contributed by atoms with van der Waals surface area (Å²) >= 11 is 6.27. The number of amides is 1. The van der Waals surface area contributed by atoms with E-state index in [-0.39, 0.29) is 5.91 Å². The summed E-state index contributed by atoms with van der Waals surface area (Å²) in [4.78, 5) is 12.4. The summed E-state index contributed by atoms with van der Waals surface area (Å²) in [6.07, 6.45) is 1.60. The third-order valence-electron chi connectivity index (χ3n) is 3.48. The molecular weight excluding hydrogens is 286 g/mol. The standard InChI is InChI=1S/C16H14ClN3O/c1-10-9-13(17)11-5-3-4-6-12(11)15(10)19-16(21)14-7-8-18-20(14)2/h3-9H,1-2H3,(H,19,21). The molecule has 4 nitrogen and oxygen atoms in total. The van der Waals surface area contributed by atoms with Gasteiger partial charge in [0, 0.05) is 29.0 Å². The lowest BCUT2D eigenvalue weighted by molar-refractivity contribution is 0.101. The average molecular weight is 300 g/mol. The number of halogens is 1. The summed E-state index contributed by atoms with van der Waals surface area (Å²) in [5.74, 6) is -0.189. The molecule has 0 radical (unpaired) electrons. The van der Waals surface area contributed by atoms with Crippen molar-refractivity contribution in [2.24, 2.45) is 7.05 Å². The SMILES string of the molecule is Cc1cc(Cl)c2ccccc2c1NC(=O)c1ccnn1C. The van der Waals surface area contributed by atoms with Gasteiger partial charge in [-0.2, -0.15) is 5.10 Å². The largest absolute Gasteiger partial charge is 0.320 e. The maximum atomic E-state index is 12.4. The van der Waals surface area contributed by atoms with Gasteiger partial charge in [-0.25, -0.2) is 0 Å². The fourth-order valence-electron chi connectivity index (χ4n) is 2.40. The molecule has 0 atom stereocenters. The molecular formula is C16H14ClN3O. The number of carbonyl (C=O) groups excluding carboxylic acids is 1. The maximum absolute atomic E-state index is 12.4. The van der Waals surface area contributed by atoms with Gasteiger partial charge in [0.1, 0.15) is 5.69 Å². The van der Waals surface area contributed by atoms with Crippen LogP contribution < -0.4 is 5.32 Å². The predicted octanol–water partition coefficient (Wildman–Crippen LogP) is 3.79. The van der Waals surface area contributed by atoms with E-state index < -0.39 is 0 Å². The van der Waals surface area contributed by atoms with Crippen LogP contribution in [0.15, 0.2) is 42.6 Å². The summed E-state index contributed by atoms with van der Waals surface area (Å²) in [5.41, 5.74) is 2.21. The summed E-state index contributed by atoms with van der Waals surface area (Å²) in [7, 11) is 1.74. The lowest BCUT2D eigenvalue weighted by Gasteiger charge is -2.13. The van der Waals surface area contributed by atoms with Crippen molar-refractivity contribution in [3.63, 3.8) is 0 Å². The van der Waals surface area contributed by atoms with Gasteiger partial charge in [0.25, 0.3) is 5.91 Å². The van der Waals surface area contributed by atoms with E-state index in [1.165, 1.54) is 0 Å². The van der Waals surface area contributed by atoms with Crippen LogP contribution in [0.4, 0.5) is 5.69 Å². The molecule has 0 spiro atoms. The molecule has 1 heterocycles. The topological polar surface area (TPSA) is 46.9 Å². The molecule has 3 rings (SSSR count). The van der Waals surface area contributed by atoms with E-state index in [0.29, 0.717) is 10.7 Å². The normalized spacial score (nSPS) is 10.8. The number of hydrogen-bond donors (Lipinski definition) is 1. The van der Waals surface area contributed by atoms with Crippen molar-refractivity contribution in [1.82, 2.24) is 9.78 Å². The number of rotatable bonds is 2. The summed E-state index contributed by atoms with van der Waals surface area (Å²) in [5, 5.41) is 9.51. The molecule has 2 aromatic carbocycles. The second-order valence-corrected chi connectivity index (χ2v) is 5.30. The highest BCUT2D eigenvalue weighted by molar-refractivity contribution is 6.36. The number of aryl methyl sites for hydroxylation is 2. The van der Waals surface area contributed by atoms with Crippen molar-refractivity contribution in [2.75, 3.05) is 5.32 Å². The second kappa shape index (κ2) is 5.22. The maximum Gasteiger partial charge on any atom is 0.273 e. The van der Waals surface area contributed by atoms with Crippen molar-refractivity contribution in [1.29, 1.82) is 0 Å². The van der Waals surface area contributed by atoms with E-state index in [9.17, 15) is 4.79 Å². The minimum Gasteiger partial charge on any atom is -0.320 e. The van der Waals surface area contributed by atoms with Crippen molar-refractivity contribution < 1.29 is 4.79 Å². The summed E-state index contributed by atoms with van der Waals surface area (Å²) < 4.78 is 1.54. The number of benzene rings is 2. The van der Waals surface area contributed by atoms with Gasteiger partial charge in [-0.1, -0.05) is 35.9 Å². The smallest absolute Gasteiger partial charge is 0.273 e. The fraction of sp³-hybridized carbons (Fsp3) is 0.125. The minimum atomic E-state index is -0.189. The van der Waals surface area contributed by atoms with Gasteiger partial charge in [0.15, 0.2) is 0 Å². The molecule has 0 aliphatic rings. The molecule has 21 heavy (non-hydrogen) atoms. The second-order valence-electron chi connectivity index (χ2n) is 4.89. The average Bonchev–Trinajstić information content (AvgIpc) is 2.89. The van der Waals surface area contributed by atoms with E-state index in [1.807, 2.05) is 37.3 Å². The number of nitrogens with zero attached hydrogens (tertiary/aromatic N) is 2. The number of carbonyl (C=O) groups is 1.